The Morgan fingerprint density at radius 2 is 2.10 bits per heavy atom. The van der Waals surface area contributed by atoms with Gasteiger partial charge in [0.15, 0.2) is 0 Å². The molecule has 0 bridgehead atoms. The van der Waals surface area contributed by atoms with Crippen molar-refractivity contribution >= 4 is 52.2 Å². The van der Waals surface area contributed by atoms with E-state index in [9.17, 15) is 14.4 Å². The standard InChI is InChI=1S/C20H20ClN3O5S/c1-12-8-13(2-3-15(12)23-6-7-28-11-18(23)25)24-10-14(29-20(24)27)9-22-19(26)16-4-5-17(21)30-16/h2-5,8,14H,6-7,9-11H2,1H3,(H,22,26). The Morgan fingerprint density at radius 1 is 1.27 bits per heavy atom. The van der Waals surface area contributed by atoms with E-state index in [1.54, 1.807) is 23.1 Å². The molecule has 1 aromatic heterocycles. The number of cyclic esters (lactones) is 1. The molecule has 0 spiro atoms. The molecule has 2 aromatic rings. The van der Waals surface area contributed by atoms with E-state index < -0.39 is 12.2 Å². The quantitative estimate of drug-likeness (QED) is 0.758. The molecule has 1 aromatic carbocycles. The summed E-state index contributed by atoms with van der Waals surface area (Å²) >= 11 is 7.04. The smallest absolute Gasteiger partial charge is 0.414 e. The molecule has 158 valence electrons. The van der Waals surface area contributed by atoms with Crippen LogP contribution in [-0.2, 0) is 14.3 Å². The van der Waals surface area contributed by atoms with Gasteiger partial charge in [0.05, 0.1) is 28.9 Å². The van der Waals surface area contributed by atoms with Gasteiger partial charge in [0.25, 0.3) is 11.8 Å². The van der Waals surface area contributed by atoms with Gasteiger partial charge in [0.1, 0.15) is 12.7 Å². The van der Waals surface area contributed by atoms with Gasteiger partial charge in [-0.25, -0.2) is 4.79 Å². The Labute approximate surface area is 182 Å². The number of morpholine rings is 1. The Balaban J connectivity index is 1.39. The Hall–Kier alpha value is -2.62. The highest BCUT2D eigenvalue weighted by Crippen LogP contribution is 2.29. The fraction of sp³-hybridized carbons (Fsp3) is 0.350. The van der Waals surface area contributed by atoms with Gasteiger partial charge < -0.3 is 19.7 Å². The maximum Gasteiger partial charge on any atom is 0.414 e. The molecule has 2 aliphatic rings. The lowest BCUT2D eigenvalue weighted by Gasteiger charge is -2.28. The van der Waals surface area contributed by atoms with E-state index >= 15 is 0 Å². The summed E-state index contributed by atoms with van der Waals surface area (Å²) in [6.45, 7) is 3.49. The second-order valence-electron chi connectivity index (χ2n) is 7.00. The minimum Gasteiger partial charge on any atom is -0.442 e. The van der Waals surface area contributed by atoms with Crippen LogP contribution in [0.1, 0.15) is 15.2 Å². The zero-order valence-corrected chi connectivity index (χ0v) is 17.8. The first-order chi connectivity index (χ1) is 14.4. The van der Waals surface area contributed by atoms with Gasteiger partial charge in [-0.2, -0.15) is 0 Å². The van der Waals surface area contributed by atoms with Crippen molar-refractivity contribution in [3.8, 4) is 0 Å². The molecule has 30 heavy (non-hydrogen) atoms. The van der Waals surface area contributed by atoms with Crippen LogP contribution in [0.3, 0.4) is 0 Å². The molecule has 4 rings (SSSR count). The number of carbonyl (C=O) groups is 3. The molecule has 3 amide bonds. The maximum atomic E-state index is 12.3. The molecule has 1 N–H and O–H groups in total. The highest BCUT2D eigenvalue weighted by Gasteiger charge is 2.33. The first-order valence-corrected chi connectivity index (χ1v) is 10.6. The summed E-state index contributed by atoms with van der Waals surface area (Å²) in [4.78, 5) is 40.3. The molecule has 0 aliphatic carbocycles. The summed E-state index contributed by atoms with van der Waals surface area (Å²) in [7, 11) is 0. The number of halogens is 1. The van der Waals surface area contributed by atoms with E-state index in [1.165, 1.54) is 16.2 Å². The summed E-state index contributed by atoms with van der Waals surface area (Å²) in [5.74, 6) is -0.336. The summed E-state index contributed by atoms with van der Waals surface area (Å²) in [5.41, 5.74) is 2.36. The topological polar surface area (TPSA) is 88.2 Å². The van der Waals surface area contributed by atoms with Crippen LogP contribution in [0.25, 0.3) is 0 Å². The molecule has 0 saturated carbocycles. The number of ether oxygens (including phenoxy) is 2. The third-order valence-electron chi connectivity index (χ3n) is 4.93. The van der Waals surface area contributed by atoms with Crippen molar-refractivity contribution in [2.75, 3.05) is 42.6 Å². The molecule has 2 aliphatic heterocycles. The number of hydrogen-bond donors (Lipinski definition) is 1. The lowest BCUT2D eigenvalue weighted by molar-refractivity contribution is -0.125. The van der Waals surface area contributed by atoms with Gasteiger partial charge in [-0.1, -0.05) is 11.6 Å². The molecule has 2 fully saturated rings. The number of hydrogen-bond acceptors (Lipinski definition) is 6. The SMILES string of the molecule is Cc1cc(N2CC(CNC(=O)c3ccc(Cl)s3)OC2=O)ccc1N1CCOCC1=O. The summed E-state index contributed by atoms with van der Waals surface area (Å²) in [5, 5.41) is 2.77. The van der Waals surface area contributed by atoms with E-state index in [2.05, 4.69) is 5.32 Å². The van der Waals surface area contributed by atoms with Gasteiger partial charge in [-0.3, -0.25) is 14.5 Å². The lowest BCUT2D eigenvalue weighted by atomic mass is 10.1. The van der Waals surface area contributed by atoms with E-state index in [1.807, 2.05) is 19.1 Å². The minimum atomic E-state index is -0.469. The molecule has 8 nitrogen and oxygen atoms in total. The summed E-state index contributed by atoms with van der Waals surface area (Å²) < 4.78 is 11.1. The van der Waals surface area contributed by atoms with Crippen LogP contribution < -0.4 is 15.1 Å². The Bertz CT molecular complexity index is 995. The Kier molecular flexibility index (Phi) is 5.94. The predicted octanol–water partition coefficient (Wildman–Crippen LogP) is 2.83. The lowest BCUT2D eigenvalue weighted by Crippen LogP contribution is -2.42. The van der Waals surface area contributed by atoms with Crippen molar-refractivity contribution in [1.29, 1.82) is 0 Å². The van der Waals surface area contributed by atoms with Crippen molar-refractivity contribution in [2.24, 2.45) is 0 Å². The predicted molar refractivity (Wildman–Crippen MR) is 114 cm³/mol. The van der Waals surface area contributed by atoms with E-state index in [-0.39, 0.29) is 25.0 Å². The Morgan fingerprint density at radius 3 is 2.80 bits per heavy atom. The number of anilines is 2. The van der Waals surface area contributed by atoms with E-state index in [4.69, 9.17) is 21.1 Å². The van der Waals surface area contributed by atoms with Gasteiger partial charge in [-0.15, -0.1) is 11.3 Å². The number of benzene rings is 1. The maximum absolute atomic E-state index is 12.3. The number of nitrogens with one attached hydrogen (secondary N) is 1. The first kappa shape index (κ1) is 20.6. The average molecular weight is 450 g/mol. The summed E-state index contributed by atoms with van der Waals surface area (Å²) in [6, 6.07) is 8.79. The zero-order chi connectivity index (χ0) is 21.3. The third kappa shape index (κ3) is 4.28. The van der Waals surface area contributed by atoms with Crippen LogP contribution >= 0.6 is 22.9 Å². The normalized spacial score (nSPS) is 19.2. The molecule has 3 heterocycles. The van der Waals surface area contributed by atoms with Crippen molar-refractivity contribution in [2.45, 2.75) is 13.0 Å². The summed E-state index contributed by atoms with van der Waals surface area (Å²) in [6.07, 6.45) is -0.930. The third-order valence-corrected chi connectivity index (χ3v) is 6.16. The second-order valence-corrected chi connectivity index (χ2v) is 8.71. The van der Waals surface area contributed by atoms with Crippen LogP contribution in [0.2, 0.25) is 4.34 Å². The van der Waals surface area contributed by atoms with Crippen LogP contribution in [0.15, 0.2) is 30.3 Å². The molecule has 1 unspecified atom stereocenters. The number of nitrogens with zero attached hydrogens (tertiary/aromatic N) is 2. The zero-order valence-electron chi connectivity index (χ0n) is 16.2. The molecule has 1 atom stereocenters. The van der Waals surface area contributed by atoms with E-state index in [0.717, 1.165) is 11.3 Å². The monoisotopic (exact) mass is 449 g/mol. The van der Waals surface area contributed by atoms with Crippen molar-refractivity contribution in [3.63, 3.8) is 0 Å². The number of aryl methyl sites for hydroxylation is 1. The van der Waals surface area contributed by atoms with Crippen molar-refractivity contribution in [1.82, 2.24) is 5.32 Å². The van der Waals surface area contributed by atoms with Gasteiger partial charge in [0.2, 0.25) is 0 Å². The van der Waals surface area contributed by atoms with Crippen LogP contribution in [-0.4, -0.2) is 56.9 Å². The first-order valence-electron chi connectivity index (χ1n) is 9.43. The number of carbonyl (C=O) groups excluding carboxylic acids is 3. The highest BCUT2D eigenvalue weighted by atomic mass is 35.5. The number of amides is 3. The average Bonchev–Trinajstić information content (AvgIpc) is 3.32. The van der Waals surface area contributed by atoms with Crippen molar-refractivity contribution < 1.29 is 23.9 Å². The van der Waals surface area contributed by atoms with Gasteiger partial charge in [0, 0.05) is 17.9 Å². The van der Waals surface area contributed by atoms with Crippen LogP contribution in [0, 0.1) is 6.92 Å². The van der Waals surface area contributed by atoms with Gasteiger partial charge >= 0.3 is 6.09 Å². The van der Waals surface area contributed by atoms with Crippen LogP contribution in [0.4, 0.5) is 16.2 Å². The molecule has 2 saturated heterocycles. The van der Waals surface area contributed by atoms with Crippen molar-refractivity contribution in [3.05, 3.63) is 45.1 Å². The van der Waals surface area contributed by atoms with Crippen LogP contribution in [0.5, 0.6) is 0 Å². The van der Waals surface area contributed by atoms with Gasteiger partial charge in [-0.05, 0) is 42.8 Å². The molecular formula is C20H20ClN3O5S. The highest BCUT2D eigenvalue weighted by molar-refractivity contribution is 7.18. The molecular weight excluding hydrogens is 430 g/mol. The number of thiophene rings is 1. The second kappa shape index (κ2) is 8.63. The fourth-order valence-electron chi connectivity index (χ4n) is 3.45. The molecule has 10 heteroatoms. The van der Waals surface area contributed by atoms with E-state index in [0.29, 0.717) is 34.6 Å². The minimum absolute atomic E-state index is 0.0741. The molecule has 0 radical (unpaired) electrons. The fourth-order valence-corrected chi connectivity index (χ4v) is 4.41. The largest absolute Gasteiger partial charge is 0.442 e. The number of rotatable bonds is 5.